The van der Waals surface area contributed by atoms with Crippen molar-refractivity contribution in [3.63, 3.8) is 0 Å². The number of hydrogen-bond donors (Lipinski definition) is 0. The molecule has 160 valence electrons. The summed E-state index contributed by atoms with van der Waals surface area (Å²) in [7, 11) is 0. The zero-order valence-corrected chi connectivity index (χ0v) is 18.9. The van der Waals surface area contributed by atoms with Crippen molar-refractivity contribution in [3.05, 3.63) is 71.5 Å². The SMILES string of the molecule is C=CCn1c(SCC(=O)C(C#N)c2nc(-c3ccccc3)cs2)nnc1-c1ccoc1C. The molecule has 1 atom stereocenters. The lowest BCUT2D eigenvalue weighted by atomic mass is 10.1. The number of nitrogens with zero attached hydrogens (tertiary/aromatic N) is 5. The molecule has 3 aromatic heterocycles. The van der Waals surface area contributed by atoms with E-state index >= 15 is 0 Å². The zero-order valence-electron chi connectivity index (χ0n) is 17.3. The minimum atomic E-state index is -0.920. The summed E-state index contributed by atoms with van der Waals surface area (Å²) in [5.74, 6) is 0.322. The van der Waals surface area contributed by atoms with E-state index in [1.807, 2.05) is 53.3 Å². The standard InChI is InChI=1S/C23H19N5O2S2/c1-3-10-28-21(17-9-11-30-15(17)2)26-27-23(28)32-14-20(29)18(12-24)22-25-19(13-31-22)16-7-5-4-6-8-16/h3-9,11,13,18H,1,10,14H2,2H3. The summed E-state index contributed by atoms with van der Waals surface area (Å²) in [5.41, 5.74) is 2.55. The minimum absolute atomic E-state index is 0.0815. The molecule has 0 amide bonds. The molecule has 0 aliphatic carbocycles. The number of thioether (sulfide) groups is 1. The van der Waals surface area contributed by atoms with Crippen LogP contribution in [0.25, 0.3) is 22.6 Å². The second-order valence-electron chi connectivity index (χ2n) is 6.85. The van der Waals surface area contributed by atoms with E-state index < -0.39 is 5.92 Å². The Bertz CT molecular complexity index is 1280. The number of nitriles is 1. The molecule has 4 rings (SSSR count). The van der Waals surface area contributed by atoms with E-state index in [1.54, 1.807) is 12.3 Å². The number of aromatic nitrogens is 4. The fourth-order valence-electron chi connectivity index (χ4n) is 3.15. The third-order valence-electron chi connectivity index (χ3n) is 4.76. The zero-order chi connectivity index (χ0) is 22.5. The average molecular weight is 462 g/mol. The van der Waals surface area contributed by atoms with Crippen LogP contribution in [-0.2, 0) is 11.3 Å². The molecule has 0 saturated carbocycles. The van der Waals surface area contributed by atoms with Crippen molar-refractivity contribution in [2.75, 3.05) is 5.75 Å². The van der Waals surface area contributed by atoms with Gasteiger partial charge in [0.15, 0.2) is 22.7 Å². The second-order valence-corrected chi connectivity index (χ2v) is 8.68. The van der Waals surface area contributed by atoms with Crippen LogP contribution in [0, 0.1) is 18.3 Å². The molecule has 0 fully saturated rings. The number of benzene rings is 1. The van der Waals surface area contributed by atoms with Crippen LogP contribution >= 0.6 is 23.1 Å². The molecule has 0 saturated heterocycles. The largest absolute Gasteiger partial charge is 0.469 e. The predicted octanol–water partition coefficient (Wildman–Crippen LogP) is 5.12. The minimum Gasteiger partial charge on any atom is -0.469 e. The predicted molar refractivity (Wildman–Crippen MR) is 124 cm³/mol. The molecule has 1 unspecified atom stereocenters. The first kappa shape index (κ1) is 21.7. The normalized spacial score (nSPS) is 11.8. The Morgan fingerprint density at radius 1 is 1.34 bits per heavy atom. The molecular weight excluding hydrogens is 442 g/mol. The number of aryl methyl sites for hydroxylation is 1. The van der Waals surface area contributed by atoms with Crippen molar-refractivity contribution in [1.82, 2.24) is 19.7 Å². The molecule has 9 heteroatoms. The van der Waals surface area contributed by atoms with Gasteiger partial charge in [-0.25, -0.2) is 4.98 Å². The van der Waals surface area contributed by atoms with Crippen molar-refractivity contribution in [1.29, 1.82) is 5.26 Å². The van der Waals surface area contributed by atoms with Crippen molar-refractivity contribution < 1.29 is 9.21 Å². The van der Waals surface area contributed by atoms with Crippen LogP contribution in [0.5, 0.6) is 0 Å². The molecule has 0 aliphatic heterocycles. The summed E-state index contributed by atoms with van der Waals surface area (Å²) in [6.45, 7) is 6.14. The first-order chi connectivity index (χ1) is 15.6. The van der Waals surface area contributed by atoms with Gasteiger partial charge in [0.25, 0.3) is 0 Å². The number of rotatable bonds is 9. The second kappa shape index (κ2) is 9.77. The lowest BCUT2D eigenvalue weighted by molar-refractivity contribution is -0.116. The highest BCUT2D eigenvalue weighted by Crippen LogP contribution is 2.30. The molecule has 0 N–H and O–H groups in total. The maximum atomic E-state index is 12.9. The highest BCUT2D eigenvalue weighted by molar-refractivity contribution is 7.99. The number of hydrogen-bond acceptors (Lipinski definition) is 8. The molecule has 0 bridgehead atoms. The smallest absolute Gasteiger partial charge is 0.192 e. The van der Waals surface area contributed by atoms with E-state index in [-0.39, 0.29) is 11.5 Å². The van der Waals surface area contributed by atoms with Crippen molar-refractivity contribution >= 4 is 28.9 Å². The summed E-state index contributed by atoms with van der Waals surface area (Å²) >= 11 is 2.57. The number of allylic oxidation sites excluding steroid dienone is 1. The monoisotopic (exact) mass is 461 g/mol. The summed E-state index contributed by atoms with van der Waals surface area (Å²) in [6.07, 6.45) is 3.34. The molecule has 7 nitrogen and oxygen atoms in total. The molecule has 4 aromatic rings. The van der Waals surface area contributed by atoms with Gasteiger partial charge < -0.3 is 4.42 Å². The van der Waals surface area contributed by atoms with Crippen molar-refractivity contribution in [3.8, 4) is 28.7 Å². The van der Waals surface area contributed by atoms with Crippen LogP contribution in [0.2, 0.25) is 0 Å². The molecule has 0 spiro atoms. The van der Waals surface area contributed by atoms with Gasteiger partial charge in [-0.05, 0) is 13.0 Å². The summed E-state index contributed by atoms with van der Waals surface area (Å²) in [6, 6.07) is 13.6. The maximum absolute atomic E-state index is 12.9. The third-order valence-corrected chi connectivity index (χ3v) is 6.66. The Kier molecular flexibility index (Phi) is 6.63. The van der Waals surface area contributed by atoms with Gasteiger partial charge in [-0.1, -0.05) is 48.2 Å². The van der Waals surface area contributed by atoms with Gasteiger partial charge in [-0.2, -0.15) is 5.26 Å². The summed E-state index contributed by atoms with van der Waals surface area (Å²) in [4.78, 5) is 17.4. The van der Waals surface area contributed by atoms with Gasteiger partial charge in [0, 0.05) is 17.5 Å². The Hall–Kier alpha value is -3.48. The lowest BCUT2D eigenvalue weighted by Gasteiger charge is -2.08. The van der Waals surface area contributed by atoms with Gasteiger partial charge in [-0.15, -0.1) is 28.1 Å². The topological polar surface area (TPSA) is 97.6 Å². The summed E-state index contributed by atoms with van der Waals surface area (Å²) < 4.78 is 7.25. The maximum Gasteiger partial charge on any atom is 0.192 e. The highest BCUT2D eigenvalue weighted by atomic mass is 32.2. The summed E-state index contributed by atoms with van der Waals surface area (Å²) in [5, 5.41) is 21.1. The van der Waals surface area contributed by atoms with Crippen LogP contribution in [0.1, 0.15) is 16.7 Å². The quantitative estimate of drug-likeness (QED) is 0.252. The van der Waals surface area contributed by atoms with Crippen LogP contribution in [0.4, 0.5) is 0 Å². The molecular formula is C23H19N5O2S2. The molecule has 3 heterocycles. The van der Waals surface area contributed by atoms with E-state index in [9.17, 15) is 10.1 Å². The van der Waals surface area contributed by atoms with Gasteiger partial charge in [0.1, 0.15) is 10.8 Å². The van der Waals surface area contributed by atoms with E-state index in [1.165, 1.54) is 23.1 Å². The van der Waals surface area contributed by atoms with E-state index in [0.29, 0.717) is 22.5 Å². The Balaban J connectivity index is 1.50. The van der Waals surface area contributed by atoms with Gasteiger partial charge >= 0.3 is 0 Å². The van der Waals surface area contributed by atoms with Gasteiger partial charge in [-0.3, -0.25) is 9.36 Å². The first-order valence-electron chi connectivity index (χ1n) is 9.77. The molecule has 32 heavy (non-hydrogen) atoms. The highest BCUT2D eigenvalue weighted by Gasteiger charge is 2.25. The Morgan fingerprint density at radius 2 is 2.16 bits per heavy atom. The van der Waals surface area contributed by atoms with E-state index in [0.717, 1.165) is 22.6 Å². The van der Waals surface area contributed by atoms with Gasteiger partial charge in [0.05, 0.1) is 29.3 Å². The van der Waals surface area contributed by atoms with Crippen LogP contribution < -0.4 is 0 Å². The fraction of sp³-hybridized carbons (Fsp3) is 0.174. The number of Topliss-reactive ketones (excluding diaryl/α,β-unsaturated/α-hetero) is 1. The first-order valence-corrected chi connectivity index (χ1v) is 11.6. The van der Waals surface area contributed by atoms with Crippen LogP contribution in [-0.4, -0.2) is 31.3 Å². The van der Waals surface area contributed by atoms with E-state index in [4.69, 9.17) is 4.42 Å². The molecule has 0 aliphatic rings. The lowest BCUT2D eigenvalue weighted by Crippen LogP contribution is -2.14. The Labute approximate surface area is 193 Å². The Morgan fingerprint density at radius 3 is 2.84 bits per heavy atom. The van der Waals surface area contributed by atoms with Crippen LogP contribution in [0.3, 0.4) is 0 Å². The third kappa shape index (κ3) is 4.42. The van der Waals surface area contributed by atoms with E-state index in [2.05, 4.69) is 27.8 Å². The number of furan rings is 1. The number of ketones is 1. The number of carbonyl (C=O) groups is 1. The fourth-order valence-corrected chi connectivity index (χ4v) is 4.90. The van der Waals surface area contributed by atoms with Crippen LogP contribution in [0.15, 0.2) is 70.3 Å². The molecule has 0 radical (unpaired) electrons. The average Bonchev–Trinajstić information content (AvgIpc) is 3.54. The molecule has 1 aromatic carbocycles. The number of thiazole rings is 1. The van der Waals surface area contributed by atoms with Crippen molar-refractivity contribution in [2.45, 2.75) is 24.5 Å². The number of carbonyl (C=O) groups excluding carboxylic acids is 1. The van der Waals surface area contributed by atoms with Crippen molar-refractivity contribution in [2.24, 2.45) is 0 Å². The van der Waals surface area contributed by atoms with Gasteiger partial charge in [0.2, 0.25) is 0 Å².